The van der Waals surface area contributed by atoms with Crippen LogP contribution in [0.4, 0.5) is 0 Å². The van der Waals surface area contributed by atoms with E-state index in [-0.39, 0.29) is 5.91 Å². The maximum atomic E-state index is 12.5. The number of nitrogens with zero attached hydrogens (tertiary/aromatic N) is 3. The topological polar surface area (TPSA) is 59.8 Å². The lowest BCUT2D eigenvalue weighted by Crippen LogP contribution is -2.25. The summed E-state index contributed by atoms with van der Waals surface area (Å²) in [5.41, 5.74) is 3.97. The third-order valence-electron chi connectivity index (χ3n) is 5.60. The highest BCUT2D eigenvalue weighted by Gasteiger charge is 2.19. The number of aryl methyl sites for hydroxylation is 1. The predicted octanol–water partition coefficient (Wildman–Crippen LogP) is 5.75. The van der Waals surface area contributed by atoms with Gasteiger partial charge in [0.25, 0.3) is 5.91 Å². The van der Waals surface area contributed by atoms with Crippen LogP contribution in [0.3, 0.4) is 0 Å². The van der Waals surface area contributed by atoms with Gasteiger partial charge in [-0.15, -0.1) is 5.10 Å². The molecule has 1 aliphatic rings. The number of benzene rings is 1. The van der Waals surface area contributed by atoms with Crippen molar-refractivity contribution in [3.05, 3.63) is 52.3 Å². The monoisotopic (exact) mass is 414 g/mol. The molecule has 1 aromatic carbocycles. The van der Waals surface area contributed by atoms with E-state index in [4.69, 9.17) is 11.6 Å². The maximum Gasteiger partial charge on any atom is 0.273 e. The lowest BCUT2D eigenvalue weighted by molar-refractivity contribution is 0.0949. The Hall–Kier alpha value is -2.14. The van der Waals surface area contributed by atoms with E-state index in [9.17, 15) is 4.79 Å². The van der Waals surface area contributed by atoms with Crippen molar-refractivity contribution < 1.29 is 4.79 Å². The molecular weight excluding hydrogens is 384 g/mol. The van der Waals surface area contributed by atoms with Crippen molar-refractivity contribution >= 4 is 23.1 Å². The Morgan fingerprint density at radius 2 is 2.10 bits per heavy atom. The zero-order valence-electron chi connectivity index (χ0n) is 17.5. The fourth-order valence-electron chi connectivity index (χ4n) is 3.91. The van der Waals surface area contributed by atoms with Crippen LogP contribution in [-0.2, 0) is 0 Å². The van der Waals surface area contributed by atoms with Crippen LogP contribution in [0.2, 0.25) is 5.02 Å². The number of hydrogen-bond acceptors (Lipinski definition) is 3. The van der Waals surface area contributed by atoms with Crippen LogP contribution < -0.4 is 5.32 Å². The fraction of sp³-hybridized carbons (Fsp3) is 0.522. The van der Waals surface area contributed by atoms with Gasteiger partial charge in [-0.3, -0.25) is 4.79 Å². The van der Waals surface area contributed by atoms with Crippen molar-refractivity contribution in [3.8, 4) is 0 Å². The fourth-order valence-corrected chi connectivity index (χ4v) is 4.08. The molecule has 1 aromatic heterocycles. The Kier molecular flexibility index (Phi) is 7.87. The number of amides is 1. The van der Waals surface area contributed by atoms with Gasteiger partial charge in [-0.2, -0.15) is 0 Å². The van der Waals surface area contributed by atoms with Crippen LogP contribution in [0, 0.1) is 6.92 Å². The summed E-state index contributed by atoms with van der Waals surface area (Å²) < 4.78 is 1.87. The molecular formula is C23H31ClN4O. The van der Waals surface area contributed by atoms with Gasteiger partial charge in [0.15, 0.2) is 5.69 Å². The maximum absolute atomic E-state index is 12.5. The number of carbonyl (C=O) groups excluding carboxylic acids is 1. The molecule has 0 radical (unpaired) electrons. The number of hydrogen-bond donors (Lipinski definition) is 1. The summed E-state index contributed by atoms with van der Waals surface area (Å²) in [6, 6.07) is 6.34. The van der Waals surface area contributed by atoms with E-state index in [1.54, 1.807) is 6.20 Å². The Morgan fingerprint density at radius 3 is 2.86 bits per heavy atom. The van der Waals surface area contributed by atoms with E-state index >= 15 is 0 Å². The van der Waals surface area contributed by atoms with Crippen LogP contribution in [0.5, 0.6) is 0 Å². The van der Waals surface area contributed by atoms with Crippen molar-refractivity contribution in [3.63, 3.8) is 0 Å². The van der Waals surface area contributed by atoms with Gasteiger partial charge in [-0.05, 0) is 61.4 Å². The highest BCUT2D eigenvalue weighted by molar-refractivity contribution is 6.30. The third kappa shape index (κ3) is 5.92. The molecule has 1 amide bonds. The first-order chi connectivity index (χ1) is 14.1. The van der Waals surface area contributed by atoms with Crippen molar-refractivity contribution in [1.82, 2.24) is 20.3 Å². The minimum Gasteiger partial charge on any atom is -0.350 e. The molecule has 156 valence electrons. The van der Waals surface area contributed by atoms with E-state index in [1.165, 1.54) is 30.4 Å². The molecule has 2 aromatic rings. The largest absolute Gasteiger partial charge is 0.350 e. The van der Waals surface area contributed by atoms with Crippen LogP contribution >= 0.6 is 11.6 Å². The first kappa shape index (κ1) is 21.6. The molecule has 0 spiro atoms. The molecule has 5 nitrogen and oxygen atoms in total. The molecule has 3 rings (SSSR count). The second-order valence-corrected chi connectivity index (χ2v) is 8.30. The summed E-state index contributed by atoms with van der Waals surface area (Å²) in [6.45, 7) is 4.81. The second kappa shape index (κ2) is 10.6. The molecule has 0 aliphatic heterocycles. The SMILES string of the molecule is CCCC=C(CCNC(=O)c1cn(C2CCCCC2)nn1)c1cc(Cl)ccc1C. The van der Waals surface area contributed by atoms with Gasteiger partial charge in [-0.25, -0.2) is 4.68 Å². The van der Waals surface area contributed by atoms with E-state index in [0.29, 0.717) is 18.3 Å². The average Bonchev–Trinajstić information content (AvgIpc) is 3.23. The first-order valence-corrected chi connectivity index (χ1v) is 11.1. The van der Waals surface area contributed by atoms with Gasteiger partial charge in [0.2, 0.25) is 0 Å². The summed E-state index contributed by atoms with van der Waals surface area (Å²) in [5, 5.41) is 12.0. The summed E-state index contributed by atoms with van der Waals surface area (Å²) in [7, 11) is 0. The van der Waals surface area contributed by atoms with E-state index < -0.39 is 0 Å². The minimum atomic E-state index is -0.162. The quantitative estimate of drug-likeness (QED) is 0.598. The normalized spacial score (nSPS) is 15.5. The zero-order chi connectivity index (χ0) is 20.6. The summed E-state index contributed by atoms with van der Waals surface area (Å²) in [5.74, 6) is -0.162. The molecule has 0 saturated heterocycles. The number of allylic oxidation sites excluding steroid dienone is 1. The highest BCUT2D eigenvalue weighted by Crippen LogP contribution is 2.27. The van der Waals surface area contributed by atoms with Gasteiger partial charge in [0, 0.05) is 11.6 Å². The number of halogens is 1. The van der Waals surface area contributed by atoms with Gasteiger partial charge in [0.1, 0.15) is 0 Å². The predicted molar refractivity (Wildman–Crippen MR) is 118 cm³/mol. The lowest BCUT2D eigenvalue weighted by atomic mass is 9.96. The molecule has 1 heterocycles. The molecule has 6 heteroatoms. The summed E-state index contributed by atoms with van der Waals surface area (Å²) in [4.78, 5) is 12.5. The zero-order valence-corrected chi connectivity index (χ0v) is 18.2. The second-order valence-electron chi connectivity index (χ2n) is 7.86. The standard InChI is InChI=1S/C23H31ClN4O/c1-3-4-8-18(21-15-19(24)12-11-17(21)2)13-14-25-23(29)22-16-28(27-26-22)20-9-6-5-7-10-20/h8,11-12,15-16,20H,3-7,9-10,13-14H2,1-2H3,(H,25,29). The Morgan fingerprint density at radius 1 is 1.31 bits per heavy atom. The van der Waals surface area contributed by atoms with Gasteiger partial charge in [-0.1, -0.05) is 61.6 Å². The summed E-state index contributed by atoms with van der Waals surface area (Å²) in [6.07, 6.45) is 12.9. The molecule has 0 unspecified atom stereocenters. The molecule has 1 saturated carbocycles. The number of rotatable bonds is 8. The van der Waals surface area contributed by atoms with Crippen LogP contribution in [0.1, 0.15) is 85.9 Å². The van der Waals surface area contributed by atoms with Crippen LogP contribution in [0.15, 0.2) is 30.5 Å². The van der Waals surface area contributed by atoms with Gasteiger partial charge in [0.05, 0.1) is 12.2 Å². The van der Waals surface area contributed by atoms with Gasteiger partial charge < -0.3 is 5.32 Å². The molecule has 1 aliphatic carbocycles. The average molecular weight is 415 g/mol. The van der Waals surface area contributed by atoms with Crippen molar-refractivity contribution in [2.75, 3.05) is 6.54 Å². The molecule has 0 bridgehead atoms. The Balaban J connectivity index is 1.60. The van der Waals surface area contributed by atoms with Gasteiger partial charge >= 0.3 is 0 Å². The molecule has 1 N–H and O–H groups in total. The molecule has 1 fully saturated rings. The van der Waals surface area contributed by atoms with E-state index in [2.05, 4.69) is 35.6 Å². The van der Waals surface area contributed by atoms with Crippen molar-refractivity contribution in [1.29, 1.82) is 0 Å². The molecule has 0 atom stereocenters. The van der Waals surface area contributed by atoms with Crippen molar-refractivity contribution in [2.45, 2.75) is 71.3 Å². The molecule has 29 heavy (non-hydrogen) atoms. The van der Waals surface area contributed by atoms with Crippen LogP contribution in [-0.4, -0.2) is 27.4 Å². The first-order valence-electron chi connectivity index (χ1n) is 10.7. The number of carbonyl (C=O) groups is 1. The third-order valence-corrected chi connectivity index (χ3v) is 5.83. The Labute approximate surface area is 178 Å². The van der Waals surface area contributed by atoms with Crippen LogP contribution in [0.25, 0.3) is 5.57 Å². The lowest BCUT2D eigenvalue weighted by Gasteiger charge is -2.20. The highest BCUT2D eigenvalue weighted by atomic mass is 35.5. The number of unbranched alkanes of at least 4 members (excludes halogenated alkanes) is 1. The van der Waals surface area contributed by atoms with Crippen molar-refractivity contribution in [2.24, 2.45) is 0 Å². The number of aromatic nitrogens is 3. The summed E-state index contributed by atoms with van der Waals surface area (Å²) >= 11 is 6.21. The smallest absolute Gasteiger partial charge is 0.273 e. The Bertz CT molecular complexity index is 852. The van der Waals surface area contributed by atoms with E-state index in [1.807, 2.05) is 22.9 Å². The minimum absolute atomic E-state index is 0.162. The number of nitrogens with one attached hydrogen (secondary N) is 1. The van der Waals surface area contributed by atoms with E-state index in [0.717, 1.165) is 42.7 Å².